The molecule has 2 aliphatic carbocycles. The molecule has 0 heterocycles. The number of benzene rings is 2. The summed E-state index contributed by atoms with van der Waals surface area (Å²) < 4.78 is 13.1. The minimum Gasteiger partial charge on any atom is -0.207 e. The van der Waals surface area contributed by atoms with Gasteiger partial charge in [0.2, 0.25) is 0 Å². The van der Waals surface area contributed by atoms with Gasteiger partial charge in [0.25, 0.3) is 0 Å². The molecule has 0 saturated heterocycles. The molecule has 0 radical (unpaired) electrons. The van der Waals surface area contributed by atoms with Crippen molar-refractivity contribution >= 4 is 0 Å². The summed E-state index contributed by atoms with van der Waals surface area (Å²) in [6.07, 6.45) is 12.8. The summed E-state index contributed by atoms with van der Waals surface area (Å²) in [4.78, 5) is 0. The van der Waals surface area contributed by atoms with E-state index < -0.39 is 0 Å². The zero-order valence-electron chi connectivity index (χ0n) is 16.1. The molecule has 26 heavy (non-hydrogen) atoms. The van der Waals surface area contributed by atoms with Crippen LogP contribution in [0.25, 0.3) is 0 Å². The Bertz CT molecular complexity index is 743. The number of fused-ring (bicyclic) bond motifs is 3. The highest BCUT2D eigenvalue weighted by Crippen LogP contribution is 2.37. The Morgan fingerprint density at radius 1 is 0.808 bits per heavy atom. The lowest BCUT2D eigenvalue weighted by molar-refractivity contribution is 0.407. The topological polar surface area (TPSA) is 0 Å². The Balaban J connectivity index is 1.41. The van der Waals surface area contributed by atoms with Crippen LogP contribution in [0.5, 0.6) is 0 Å². The summed E-state index contributed by atoms with van der Waals surface area (Å²) in [5.74, 6) is 1.56. The molecule has 0 fully saturated rings. The van der Waals surface area contributed by atoms with Crippen LogP contribution in [0, 0.1) is 17.7 Å². The van der Waals surface area contributed by atoms with Crippen molar-refractivity contribution in [2.24, 2.45) is 11.8 Å². The highest BCUT2D eigenvalue weighted by Gasteiger charge is 2.25. The lowest BCUT2D eigenvalue weighted by Crippen LogP contribution is -2.21. The first-order chi connectivity index (χ1) is 12.7. The molecular formula is C25H31F. The molecule has 0 bridgehead atoms. The van der Waals surface area contributed by atoms with Gasteiger partial charge < -0.3 is 0 Å². The van der Waals surface area contributed by atoms with E-state index in [0.717, 1.165) is 18.3 Å². The predicted octanol–water partition coefficient (Wildman–Crippen LogP) is 6.47. The molecule has 0 saturated carbocycles. The molecule has 2 aromatic rings. The molecule has 1 heteroatoms. The minimum absolute atomic E-state index is 0.133. The first kappa shape index (κ1) is 17.8. The average molecular weight is 351 g/mol. The normalized spacial score (nSPS) is 21.9. The fourth-order valence-corrected chi connectivity index (χ4v) is 5.24. The van der Waals surface area contributed by atoms with E-state index in [-0.39, 0.29) is 5.82 Å². The van der Waals surface area contributed by atoms with Gasteiger partial charge in [-0.3, -0.25) is 0 Å². The predicted molar refractivity (Wildman–Crippen MR) is 107 cm³/mol. The lowest BCUT2D eigenvalue weighted by atomic mass is 9.73. The smallest absolute Gasteiger partial charge is 0.123 e. The molecule has 0 aromatic heterocycles. The van der Waals surface area contributed by atoms with Crippen LogP contribution in [0.4, 0.5) is 4.39 Å². The number of hydrogen-bond donors (Lipinski definition) is 0. The standard InChI is InChI=1S/C25H31F/c1-2-3-19-8-14-24-21(16-19)10-11-22-17-20(9-15-25(22)24)5-4-18-6-12-23(26)13-7-18/h6-7,10-13,19-20H,2-5,8-9,14-17H2,1H3. The Morgan fingerprint density at radius 2 is 1.38 bits per heavy atom. The Labute approximate surface area is 157 Å². The van der Waals surface area contributed by atoms with Gasteiger partial charge in [0.15, 0.2) is 0 Å². The van der Waals surface area contributed by atoms with Gasteiger partial charge >= 0.3 is 0 Å². The van der Waals surface area contributed by atoms with Crippen molar-refractivity contribution in [1.29, 1.82) is 0 Å². The molecule has 0 N–H and O–H groups in total. The molecule has 0 amide bonds. The van der Waals surface area contributed by atoms with Crippen LogP contribution in [-0.4, -0.2) is 0 Å². The molecule has 2 atom stereocenters. The molecule has 0 nitrogen and oxygen atoms in total. The van der Waals surface area contributed by atoms with Gasteiger partial charge in [0.1, 0.15) is 5.82 Å². The molecule has 2 unspecified atom stereocenters. The summed E-state index contributed by atoms with van der Waals surface area (Å²) in [6, 6.07) is 11.9. The second kappa shape index (κ2) is 7.94. The first-order valence-corrected chi connectivity index (χ1v) is 10.6. The third kappa shape index (κ3) is 3.87. The summed E-state index contributed by atoms with van der Waals surface area (Å²) in [7, 11) is 0. The van der Waals surface area contributed by atoms with Crippen molar-refractivity contribution < 1.29 is 4.39 Å². The molecule has 138 valence electrons. The van der Waals surface area contributed by atoms with Gasteiger partial charge in [0.05, 0.1) is 0 Å². The maximum Gasteiger partial charge on any atom is 0.123 e. The van der Waals surface area contributed by atoms with Crippen LogP contribution in [0.1, 0.15) is 66.8 Å². The lowest BCUT2D eigenvalue weighted by Gasteiger charge is -2.32. The average Bonchev–Trinajstić information content (AvgIpc) is 2.67. The van der Waals surface area contributed by atoms with Crippen molar-refractivity contribution in [2.45, 2.75) is 71.1 Å². The molecule has 2 aliphatic rings. The van der Waals surface area contributed by atoms with Gasteiger partial charge in [0, 0.05) is 0 Å². The Hall–Kier alpha value is -1.63. The van der Waals surface area contributed by atoms with E-state index in [1.807, 2.05) is 12.1 Å². The van der Waals surface area contributed by atoms with E-state index in [9.17, 15) is 4.39 Å². The van der Waals surface area contributed by atoms with Crippen molar-refractivity contribution in [1.82, 2.24) is 0 Å². The van der Waals surface area contributed by atoms with Gasteiger partial charge in [-0.2, -0.15) is 0 Å². The largest absolute Gasteiger partial charge is 0.207 e. The SMILES string of the molecule is CCCC1CCc2c(ccc3c2CCC(CCc2ccc(F)cc2)C3)C1. The quantitative estimate of drug-likeness (QED) is 0.580. The van der Waals surface area contributed by atoms with Gasteiger partial charge in [-0.05, 0) is 103 Å². The summed E-state index contributed by atoms with van der Waals surface area (Å²) >= 11 is 0. The molecule has 0 spiro atoms. The highest BCUT2D eigenvalue weighted by atomic mass is 19.1. The first-order valence-electron chi connectivity index (χ1n) is 10.6. The van der Waals surface area contributed by atoms with Crippen LogP contribution in [0.2, 0.25) is 0 Å². The van der Waals surface area contributed by atoms with E-state index in [0.29, 0.717) is 0 Å². The fraction of sp³-hybridized carbons (Fsp3) is 0.520. The second-order valence-corrected chi connectivity index (χ2v) is 8.51. The summed E-state index contributed by atoms with van der Waals surface area (Å²) in [5.41, 5.74) is 7.96. The monoisotopic (exact) mass is 350 g/mol. The zero-order valence-corrected chi connectivity index (χ0v) is 16.1. The Kier molecular flexibility index (Phi) is 5.43. The Morgan fingerprint density at radius 3 is 1.96 bits per heavy atom. The van der Waals surface area contributed by atoms with Gasteiger partial charge in [-0.25, -0.2) is 4.39 Å². The number of halogens is 1. The van der Waals surface area contributed by atoms with Crippen molar-refractivity contribution in [3.63, 3.8) is 0 Å². The maximum absolute atomic E-state index is 13.1. The van der Waals surface area contributed by atoms with Crippen molar-refractivity contribution in [3.8, 4) is 0 Å². The van der Waals surface area contributed by atoms with Gasteiger partial charge in [-0.15, -0.1) is 0 Å². The van der Waals surface area contributed by atoms with Crippen LogP contribution in [-0.2, 0) is 32.1 Å². The third-order valence-corrected chi connectivity index (χ3v) is 6.70. The third-order valence-electron chi connectivity index (χ3n) is 6.70. The minimum atomic E-state index is -0.133. The summed E-state index contributed by atoms with van der Waals surface area (Å²) in [5, 5.41) is 0. The number of hydrogen-bond acceptors (Lipinski definition) is 0. The van der Waals surface area contributed by atoms with E-state index in [1.165, 1.54) is 63.4 Å². The molecule has 0 aliphatic heterocycles. The summed E-state index contributed by atoms with van der Waals surface area (Å²) in [6.45, 7) is 2.31. The maximum atomic E-state index is 13.1. The van der Waals surface area contributed by atoms with Crippen LogP contribution < -0.4 is 0 Å². The molecular weight excluding hydrogens is 319 g/mol. The van der Waals surface area contributed by atoms with Crippen LogP contribution >= 0.6 is 0 Å². The van der Waals surface area contributed by atoms with Crippen molar-refractivity contribution in [3.05, 3.63) is 70.0 Å². The number of rotatable bonds is 5. The van der Waals surface area contributed by atoms with E-state index >= 15 is 0 Å². The van der Waals surface area contributed by atoms with Crippen LogP contribution in [0.3, 0.4) is 0 Å². The van der Waals surface area contributed by atoms with E-state index in [1.54, 1.807) is 34.4 Å². The van der Waals surface area contributed by atoms with Crippen LogP contribution in [0.15, 0.2) is 36.4 Å². The van der Waals surface area contributed by atoms with E-state index in [2.05, 4.69) is 19.1 Å². The van der Waals surface area contributed by atoms with Crippen molar-refractivity contribution in [2.75, 3.05) is 0 Å². The second-order valence-electron chi connectivity index (χ2n) is 8.51. The fourth-order valence-electron chi connectivity index (χ4n) is 5.24. The van der Waals surface area contributed by atoms with Gasteiger partial charge in [-0.1, -0.05) is 44.0 Å². The van der Waals surface area contributed by atoms with E-state index in [4.69, 9.17) is 0 Å². The molecule has 2 aromatic carbocycles. The highest BCUT2D eigenvalue weighted by molar-refractivity contribution is 5.44. The number of aryl methyl sites for hydroxylation is 1. The zero-order chi connectivity index (χ0) is 17.9. The molecule has 4 rings (SSSR count).